The first-order valence-electron chi connectivity index (χ1n) is 9.60. The lowest BCUT2D eigenvalue weighted by molar-refractivity contribution is 0.116. The smallest absolute Gasteiger partial charge is 0.184 e. The number of hydrogen-bond acceptors (Lipinski definition) is 6. The number of thiazole rings is 1. The van der Waals surface area contributed by atoms with Gasteiger partial charge in [-0.1, -0.05) is 53.4 Å². The number of hydrogen-bond donors (Lipinski definition) is 3. The van der Waals surface area contributed by atoms with Crippen molar-refractivity contribution in [1.82, 2.24) is 19.9 Å². The Labute approximate surface area is 181 Å². The van der Waals surface area contributed by atoms with E-state index in [1.54, 1.807) is 17.4 Å². The highest BCUT2D eigenvalue weighted by Gasteiger charge is 2.23. The average Bonchev–Trinajstić information content (AvgIpc) is 3.26. The fraction of sp³-hybridized carbons (Fsp3) is 0.350. The van der Waals surface area contributed by atoms with Crippen molar-refractivity contribution in [2.75, 3.05) is 5.32 Å². The molecule has 1 aliphatic rings. The Morgan fingerprint density at radius 3 is 2.86 bits per heavy atom. The van der Waals surface area contributed by atoms with Gasteiger partial charge in [0.15, 0.2) is 10.8 Å². The predicted octanol–water partition coefficient (Wildman–Crippen LogP) is 5.18. The number of nitrogens with zero attached hydrogens (tertiary/aromatic N) is 3. The maximum absolute atomic E-state index is 10.2. The summed E-state index contributed by atoms with van der Waals surface area (Å²) in [4.78, 5) is 16.7. The minimum Gasteiger partial charge on any atom is -0.391 e. The zero-order chi connectivity index (χ0) is 20.0. The van der Waals surface area contributed by atoms with Crippen LogP contribution in [-0.4, -0.2) is 37.2 Å². The minimum atomic E-state index is -0.296. The molecule has 4 aromatic rings. The van der Waals surface area contributed by atoms with E-state index in [4.69, 9.17) is 23.2 Å². The predicted molar refractivity (Wildman–Crippen MR) is 118 cm³/mol. The SMILES string of the molecule is OC1CCCCC1Nc1nc2ccc(Cc3nc4nc(Cl)c(Cl)cc4[nH]3)cc2s1. The van der Waals surface area contributed by atoms with E-state index in [1.165, 1.54) is 0 Å². The lowest BCUT2D eigenvalue weighted by atomic mass is 9.93. The van der Waals surface area contributed by atoms with Gasteiger partial charge in [-0.3, -0.25) is 0 Å². The molecule has 1 fully saturated rings. The van der Waals surface area contributed by atoms with Crippen molar-refractivity contribution in [1.29, 1.82) is 0 Å². The van der Waals surface area contributed by atoms with Crippen LogP contribution in [-0.2, 0) is 6.42 Å². The topological polar surface area (TPSA) is 86.7 Å². The number of halogens is 2. The Balaban J connectivity index is 1.37. The monoisotopic (exact) mass is 447 g/mol. The molecular weight excluding hydrogens is 429 g/mol. The van der Waals surface area contributed by atoms with Crippen molar-refractivity contribution >= 4 is 61.1 Å². The number of benzene rings is 1. The molecule has 0 radical (unpaired) electrons. The summed E-state index contributed by atoms with van der Waals surface area (Å²) in [6, 6.07) is 8.05. The van der Waals surface area contributed by atoms with Gasteiger partial charge in [0.05, 0.1) is 32.9 Å². The molecule has 150 valence electrons. The molecule has 6 nitrogen and oxygen atoms in total. The first-order valence-corrected chi connectivity index (χ1v) is 11.2. The average molecular weight is 448 g/mol. The number of nitrogens with one attached hydrogen (secondary N) is 2. The van der Waals surface area contributed by atoms with E-state index in [9.17, 15) is 5.11 Å². The normalized spacial score (nSPS) is 19.8. The number of H-pyrrole nitrogens is 1. The van der Waals surface area contributed by atoms with Crippen LogP contribution in [0.5, 0.6) is 0 Å². The fourth-order valence-corrected chi connectivity index (χ4v) is 5.08. The second kappa shape index (κ2) is 7.72. The summed E-state index contributed by atoms with van der Waals surface area (Å²) in [7, 11) is 0. The maximum atomic E-state index is 10.2. The number of aliphatic hydroxyl groups is 1. The van der Waals surface area contributed by atoms with Crippen LogP contribution in [0.1, 0.15) is 37.1 Å². The first-order chi connectivity index (χ1) is 14.0. The molecule has 0 bridgehead atoms. The summed E-state index contributed by atoms with van der Waals surface area (Å²) in [6.07, 6.45) is 4.43. The molecule has 3 heterocycles. The third-order valence-electron chi connectivity index (χ3n) is 5.30. The lowest BCUT2D eigenvalue weighted by Crippen LogP contribution is -2.36. The van der Waals surface area contributed by atoms with Gasteiger partial charge in [-0.15, -0.1) is 0 Å². The van der Waals surface area contributed by atoms with E-state index in [1.807, 2.05) is 6.07 Å². The number of anilines is 1. The quantitative estimate of drug-likeness (QED) is 0.375. The third kappa shape index (κ3) is 3.92. The molecule has 9 heteroatoms. The number of aromatic amines is 1. The summed E-state index contributed by atoms with van der Waals surface area (Å²) in [5, 5.41) is 15.1. The molecule has 3 aromatic heterocycles. The lowest BCUT2D eigenvalue weighted by Gasteiger charge is -2.27. The number of aromatic nitrogens is 4. The highest BCUT2D eigenvalue weighted by atomic mass is 35.5. The number of fused-ring (bicyclic) bond motifs is 2. The maximum Gasteiger partial charge on any atom is 0.184 e. The molecule has 0 saturated heterocycles. The van der Waals surface area contributed by atoms with E-state index >= 15 is 0 Å². The second-order valence-electron chi connectivity index (χ2n) is 7.42. The van der Waals surface area contributed by atoms with Crippen LogP contribution in [0, 0.1) is 0 Å². The van der Waals surface area contributed by atoms with Gasteiger partial charge in [-0.25, -0.2) is 15.0 Å². The van der Waals surface area contributed by atoms with Crippen molar-refractivity contribution in [2.24, 2.45) is 0 Å². The molecule has 1 aromatic carbocycles. The Bertz CT molecular complexity index is 1150. The largest absolute Gasteiger partial charge is 0.391 e. The zero-order valence-corrected chi connectivity index (χ0v) is 17.8. The van der Waals surface area contributed by atoms with Crippen LogP contribution in [0.25, 0.3) is 21.4 Å². The molecule has 1 saturated carbocycles. The molecule has 3 N–H and O–H groups in total. The van der Waals surface area contributed by atoms with Crippen LogP contribution in [0.2, 0.25) is 10.2 Å². The Morgan fingerprint density at radius 1 is 1.14 bits per heavy atom. The van der Waals surface area contributed by atoms with Gasteiger partial charge >= 0.3 is 0 Å². The second-order valence-corrected chi connectivity index (χ2v) is 9.21. The van der Waals surface area contributed by atoms with Crippen LogP contribution in [0.3, 0.4) is 0 Å². The summed E-state index contributed by atoms with van der Waals surface area (Å²) < 4.78 is 1.11. The number of imidazole rings is 1. The molecule has 0 aliphatic heterocycles. The number of pyridine rings is 1. The standard InChI is InChI=1S/C20H19Cl2N5OS/c21-11-9-14-19(27-18(11)22)26-17(23-14)8-10-5-6-13-16(7-10)29-20(25-13)24-12-3-1-2-4-15(12)28/h5-7,9,12,15,28H,1-4,8H2,(H,24,25)(H,23,26,27). The Hall–Kier alpha value is -1.93. The summed E-state index contributed by atoms with van der Waals surface area (Å²) in [6.45, 7) is 0. The van der Waals surface area contributed by atoms with Gasteiger partial charge in [0, 0.05) is 6.42 Å². The number of aliphatic hydroxyl groups excluding tert-OH is 1. The van der Waals surface area contributed by atoms with Gasteiger partial charge in [0.2, 0.25) is 0 Å². The van der Waals surface area contributed by atoms with Gasteiger partial charge in [-0.05, 0) is 36.6 Å². The van der Waals surface area contributed by atoms with Crippen molar-refractivity contribution in [2.45, 2.75) is 44.2 Å². The first kappa shape index (κ1) is 19.1. The molecule has 2 unspecified atom stereocenters. The Morgan fingerprint density at radius 2 is 2.00 bits per heavy atom. The van der Waals surface area contributed by atoms with E-state index in [-0.39, 0.29) is 17.3 Å². The highest BCUT2D eigenvalue weighted by Crippen LogP contribution is 2.30. The van der Waals surface area contributed by atoms with E-state index < -0.39 is 0 Å². The van der Waals surface area contributed by atoms with Gasteiger partial charge < -0.3 is 15.4 Å². The van der Waals surface area contributed by atoms with Gasteiger partial charge in [0.1, 0.15) is 11.0 Å². The summed E-state index contributed by atoms with van der Waals surface area (Å²) >= 11 is 13.6. The van der Waals surface area contributed by atoms with Crippen LogP contribution < -0.4 is 5.32 Å². The summed E-state index contributed by atoms with van der Waals surface area (Å²) in [5.41, 5.74) is 3.41. The van der Waals surface area contributed by atoms with Gasteiger partial charge in [-0.2, -0.15) is 0 Å². The number of rotatable bonds is 4. The van der Waals surface area contributed by atoms with Crippen LogP contribution >= 0.6 is 34.5 Å². The zero-order valence-electron chi connectivity index (χ0n) is 15.5. The summed E-state index contributed by atoms with van der Waals surface area (Å²) in [5.74, 6) is 0.804. The Kier molecular flexibility index (Phi) is 5.07. The molecule has 1 aliphatic carbocycles. The fourth-order valence-electron chi connectivity index (χ4n) is 3.80. The van der Waals surface area contributed by atoms with Crippen molar-refractivity contribution in [3.63, 3.8) is 0 Å². The minimum absolute atomic E-state index is 0.0884. The van der Waals surface area contributed by atoms with Gasteiger partial charge in [0.25, 0.3) is 0 Å². The van der Waals surface area contributed by atoms with Crippen molar-refractivity contribution in [3.8, 4) is 0 Å². The van der Waals surface area contributed by atoms with E-state index in [2.05, 4.69) is 37.4 Å². The molecular formula is C20H19Cl2N5OS. The third-order valence-corrected chi connectivity index (χ3v) is 6.92. The van der Waals surface area contributed by atoms with Crippen molar-refractivity contribution in [3.05, 3.63) is 45.8 Å². The van der Waals surface area contributed by atoms with Crippen LogP contribution in [0.4, 0.5) is 5.13 Å². The molecule has 2 atom stereocenters. The van der Waals surface area contributed by atoms with E-state index in [0.717, 1.165) is 57.9 Å². The van der Waals surface area contributed by atoms with Crippen molar-refractivity contribution < 1.29 is 5.11 Å². The van der Waals surface area contributed by atoms with E-state index in [0.29, 0.717) is 17.1 Å². The molecule has 29 heavy (non-hydrogen) atoms. The van der Waals surface area contributed by atoms with Crippen LogP contribution in [0.15, 0.2) is 24.3 Å². The molecule has 5 rings (SSSR count). The highest BCUT2D eigenvalue weighted by molar-refractivity contribution is 7.22. The molecule has 0 amide bonds. The molecule has 0 spiro atoms.